The van der Waals surface area contributed by atoms with Crippen molar-refractivity contribution in [1.29, 1.82) is 0 Å². The predicted octanol–water partition coefficient (Wildman–Crippen LogP) is 1.34. The molecule has 1 fully saturated rings. The summed E-state index contributed by atoms with van der Waals surface area (Å²) in [6.45, 7) is 4.89. The summed E-state index contributed by atoms with van der Waals surface area (Å²) < 4.78 is 0. The first-order valence-electron chi connectivity index (χ1n) is 7.78. The van der Waals surface area contributed by atoms with Crippen molar-refractivity contribution in [2.75, 3.05) is 19.6 Å². The van der Waals surface area contributed by atoms with Gasteiger partial charge >= 0.3 is 0 Å². The van der Waals surface area contributed by atoms with Crippen LogP contribution in [0.5, 0.6) is 0 Å². The van der Waals surface area contributed by atoms with E-state index in [1.54, 1.807) is 17.9 Å². The molecule has 2 N–H and O–H groups in total. The van der Waals surface area contributed by atoms with Crippen LogP contribution in [0.1, 0.15) is 35.7 Å². The van der Waals surface area contributed by atoms with Gasteiger partial charge in [0.1, 0.15) is 0 Å². The average Bonchev–Trinajstić information content (AvgIpc) is 2.52. The summed E-state index contributed by atoms with van der Waals surface area (Å²) in [6.07, 6.45) is 1.43. The maximum absolute atomic E-state index is 12.2. The molecular formula is C17H24N2O3. The molecule has 0 aliphatic carbocycles. The number of aliphatic hydroxyl groups is 1. The van der Waals surface area contributed by atoms with Gasteiger partial charge in [-0.1, -0.05) is 18.2 Å². The van der Waals surface area contributed by atoms with Gasteiger partial charge in [-0.2, -0.15) is 0 Å². The van der Waals surface area contributed by atoms with Gasteiger partial charge in [0.05, 0.1) is 12.6 Å². The molecule has 120 valence electrons. The average molecular weight is 304 g/mol. The summed E-state index contributed by atoms with van der Waals surface area (Å²) in [5.41, 5.74) is 1.48. The highest BCUT2D eigenvalue weighted by Gasteiger charge is 2.26. The number of rotatable bonds is 4. The van der Waals surface area contributed by atoms with E-state index in [9.17, 15) is 14.7 Å². The third kappa shape index (κ3) is 4.07. The van der Waals surface area contributed by atoms with Crippen molar-refractivity contribution in [3.05, 3.63) is 35.4 Å². The Morgan fingerprint density at radius 2 is 2.14 bits per heavy atom. The van der Waals surface area contributed by atoms with E-state index in [2.05, 4.69) is 5.32 Å². The number of hydrogen-bond donors (Lipinski definition) is 2. The van der Waals surface area contributed by atoms with E-state index in [0.29, 0.717) is 18.7 Å². The first-order valence-corrected chi connectivity index (χ1v) is 7.78. The summed E-state index contributed by atoms with van der Waals surface area (Å²) in [5, 5.41) is 12.4. The van der Waals surface area contributed by atoms with Crippen LogP contribution in [0.3, 0.4) is 0 Å². The molecule has 2 amide bonds. The van der Waals surface area contributed by atoms with Crippen LogP contribution in [0.4, 0.5) is 0 Å². The highest BCUT2D eigenvalue weighted by Crippen LogP contribution is 2.19. The molecule has 1 aliphatic rings. The second-order valence-corrected chi connectivity index (χ2v) is 5.98. The third-order valence-electron chi connectivity index (χ3n) is 4.28. The van der Waals surface area contributed by atoms with E-state index in [-0.39, 0.29) is 24.3 Å². The Morgan fingerprint density at radius 1 is 1.41 bits per heavy atom. The minimum atomic E-state index is -0.405. The highest BCUT2D eigenvalue weighted by atomic mass is 16.3. The van der Waals surface area contributed by atoms with Crippen LogP contribution < -0.4 is 5.32 Å². The standard InChI is InChI=1S/C17H24N2O3/c1-12-6-3-4-8-15(12)17(22)18-10-16(21)19-9-5-7-14(11-19)13(2)20/h3-4,6,8,13-14,20H,5,7,9-11H2,1-2H3,(H,18,22). The SMILES string of the molecule is Cc1ccccc1C(=O)NCC(=O)N1CCCC(C(C)O)C1. The molecule has 5 nitrogen and oxygen atoms in total. The second kappa shape index (κ2) is 7.40. The molecule has 0 aromatic heterocycles. The molecule has 0 saturated carbocycles. The van der Waals surface area contributed by atoms with Crippen LogP contribution in [-0.4, -0.2) is 47.6 Å². The number of likely N-dealkylation sites (tertiary alicyclic amines) is 1. The zero-order chi connectivity index (χ0) is 16.1. The number of aliphatic hydroxyl groups excluding tert-OH is 1. The summed E-state index contributed by atoms with van der Waals surface area (Å²) in [6, 6.07) is 7.30. The molecule has 0 radical (unpaired) electrons. The zero-order valence-corrected chi connectivity index (χ0v) is 13.2. The van der Waals surface area contributed by atoms with Crippen molar-refractivity contribution >= 4 is 11.8 Å². The molecule has 2 rings (SSSR count). The molecule has 0 spiro atoms. The molecule has 1 aromatic rings. The van der Waals surface area contributed by atoms with E-state index < -0.39 is 6.10 Å². The number of piperidine rings is 1. The lowest BCUT2D eigenvalue weighted by Crippen LogP contribution is -2.46. The van der Waals surface area contributed by atoms with Gasteiger partial charge < -0.3 is 15.3 Å². The fraction of sp³-hybridized carbons (Fsp3) is 0.529. The smallest absolute Gasteiger partial charge is 0.251 e. The summed E-state index contributed by atoms with van der Waals surface area (Å²) in [4.78, 5) is 26.1. The number of hydrogen-bond acceptors (Lipinski definition) is 3. The van der Waals surface area contributed by atoms with Crippen LogP contribution in [0.15, 0.2) is 24.3 Å². The lowest BCUT2D eigenvalue weighted by Gasteiger charge is -2.34. The number of nitrogens with zero attached hydrogens (tertiary/aromatic N) is 1. The monoisotopic (exact) mass is 304 g/mol. The molecule has 5 heteroatoms. The Labute approximate surface area is 131 Å². The second-order valence-electron chi connectivity index (χ2n) is 5.98. The maximum atomic E-state index is 12.2. The molecule has 2 atom stereocenters. The molecule has 22 heavy (non-hydrogen) atoms. The number of carbonyl (C=O) groups is 2. The molecule has 0 bridgehead atoms. The summed E-state index contributed by atoms with van der Waals surface area (Å²) >= 11 is 0. The van der Waals surface area contributed by atoms with Gasteiger partial charge in [-0.05, 0) is 38.3 Å². The van der Waals surface area contributed by atoms with Crippen LogP contribution in [-0.2, 0) is 4.79 Å². The van der Waals surface area contributed by atoms with Gasteiger partial charge in [-0.25, -0.2) is 0 Å². The normalized spacial score (nSPS) is 19.6. The third-order valence-corrected chi connectivity index (χ3v) is 4.28. The molecule has 1 saturated heterocycles. The summed E-state index contributed by atoms with van der Waals surface area (Å²) in [7, 11) is 0. The Hall–Kier alpha value is -1.88. The van der Waals surface area contributed by atoms with Gasteiger partial charge in [0.25, 0.3) is 5.91 Å². The van der Waals surface area contributed by atoms with E-state index in [1.807, 2.05) is 25.1 Å². The van der Waals surface area contributed by atoms with Gasteiger partial charge in [0.2, 0.25) is 5.91 Å². The molecule has 1 heterocycles. The van der Waals surface area contributed by atoms with Gasteiger partial charge in [0, 0.05) is 24.6 Å². The number of amides is 2. The van der Waals surface area contributed by atoms with Crippen molar-refractivity contribution in [1.82, 2.24) is 10.2 Å². The van der Waals surface area contributed by atoms with Crippen LogP contribution >= 0.6 is 0 Å². The number of benzene rings is 1. The zero-order valence-electron chi connectivity index (χ0n) is 13.2. The minimum Gasteiger partial charge on any atom is -0.393 e. The lowest BCUT2D eigenvalue weighted by atomic mass is 9.93. The number of carbonyl (C=O) groups excluding carboxylic acids is 2. The van der Waals surface area contributed by atoms with Crippen molar-refractivity contribution in [2.45, 2.75) is 32.8 Å². The van der Waals surface area contributed by atoms with Gasteiger partial charge in [0.15, 0.2) is 0 Å². The van der Waals surface area contributed by atoms with E-state index in [1.165, 1.54) is 0 Å². The molecule has 1 aliphatic heterocycles. The lowest BCUT2D eigenvalue weighted by molar-refractivity contribution is -0.132. The van der Waals surface area contributed by atoms with Gasteiger partial charge in [-0.3, -0.25) is 9.59 Å². The van der Waals surface area contributed by atoms with Crippen molar-refractivity contribution in [3.63, 3.8) is 0 Å². The Balaban J connectivity index is 1.87. The predicted molar refractivity (Wildman–Crippen MR) is 84.5 cm³/mol. The fourth-order valence-electron chi connectivity index (χ4n) is 2.82. The van der Waals surface area contributed by atoms with E-state index >= 15 is 0 Å². The highest BCUT2D eigenvalue weighted by molar-refractivity contribution is 5.97. The van der Waals surface area contributed by atoms with E-state index in [4.69, 9.17) is 0 Å². The maximum Gasteiger partial charge on any atom is 0.251 e. The first-order chi connectivity index (χ1) is 10.5. The number of aryl methyl sites for hydroxylation is 1. The van der Waals surface area contributed by atoms with Crippen molar-refractivity contribution in [2.24, 2.45) is 5.92 Å². The quantitative estimate of drug-likeness (QED) is 0.882. The topological polar surface area (TPSA) is 69.6 Å². The van der Waals surface area contributed by atoms with Gasteiger partial charge in [-0.15, -0.1) is 0 Å². The fourth-order valence-corrected chi connectivity index (χ4v) is 2.82. The molecular weight excluding hydrogens is 280 g/mol. The number of nitrogens with one attached hydrogen (secondary N) is 1. The van der Waals surface area contributed by atoms with Crippen molar-refractivity contribution in [3.8, 4) is 0 Å². The molecule has 1 aromatic carbocycles. The van der Waals surface area contributed by atoms with Crippen LogP contribution in [0.2, 0.25) is 0 Å². The summed E-state index contributed by atoms with van der Waals surface area (Å²) in [5.74, 6) is -0.187. The largest absolute Gasteiger partial charge is 0.393 e. The Bertz CT molecular complexity index is 542. The van der Waals surface area contributed by atoms with E-state index in [0.717, 1.165) is 18.4 Å². The van der Waals surface area contributed by atoms with Crippen molar-refractivity contribution < 1.29 is 14.7 Å². The Morgan fingerprint density at radius 3 is 2.82 bits per heavy atom. The first kappa shape index (κ1) is 16.5. The minimum absolute atomic E-state index is 0.000300. The Kier molecular flexibility index (Phi) is 5.55. The molecule has 2 unspecified atom stereocenters. The van der Waals surface area contributed by atoms with Crippen LogP contribution in [0, 0.1) is 12.8 Å². The van der Waals surface area contributed by atoms with Crippen LogP contribution in [0.25, 0.3) is 0 Å².